The van der Waals surface area contributed by atoms with Crippen LogP contribution in [0.5, 0.6) is 17.4 Å². The van der Waals surface area contributed by atoms with Crippen LogP contribution in [-0.4, -0.2) is 79.1 Å². The van der Waals surface area contributed by atoms with Crippen molar-refractivity contribution in [1.82, 2.24) is 19.6 Å². The van der Waals surface area contributed by atoms with Crippen LogP contribution >= 0.6 is 0 Å². The Hall–Kier alpha value is -4.26. The number of urea groups is 1. The summed E-state index contributed by atoms with van der Waals surface area (Å²) in [4.78, 5) is 28.7. The summed E-state index contributed by atoms with van der Waals surface area (Å²) in [5, 5.41) is 4.35. The van der Waals surface area contributed by atoms with Crippen LogP contribution in [0.1, 0.15) is 33.1 Å². The molecule has 0 bridgehead atoms. The topological polar surface area (TPSA) is 112 Å². The van der Waals surface area contributed by atoms with E-state index in [9.17, 15) is 22.8 Å². The third-order valence-electron chi connectivity index (χ3n) is 6.94. The second-order valence-electron chi connectivity index (χ2n) is 9.79. The average Bonchev–Trinajstić information content (AvgIpc) is 3.57. The van der Waals surface area contributed by atoms with Gasteiger partial charge in [0.25, 0.3) is 11.8 Å². The van der Waals surface area contributed by atoms with Crippen molar-refractivity contribution in [3.8, 4) is 17.4 Å². The molecule has 1 saturated heterocycles. The molecule has 1 aromatic heterocycles. The highest BCUT2D eigenvalue weighted by molar-refractivity contribution is 5.99. The van der Waals surface area contributed by atoms with Crippen LogP contribution in [0.15, 0.2) is 48.5 Å². The Balaban J connectivity index is 1.82. The quantitative estimate of drug-likeness (QED) is 0.434. The number of benzene rings is 2. The number of hydrogen-bond acceptors (Lipinski definition) is 7. The van der Waals surface area contributed by atoms with Gasteiger partial charge in [-0.1, -0.05) is 36.4 Å². The molecule has 4 rings (SSSR count). The van der Waals surface area contributed by atoms with E-state index in [1.165, 1.54) is 39.3 Å². The van der Waals surface area contributed by atoms with Gasteiger partial charge in [-0.2, -0.15) is 23.0 Å². The molecule has 2 atom stereocenters. The first kappa shape index (κ1) is 29.7. The minimum Gasteiger partial charge on any atom is -0.496 e. The number of para-hydroxylation sites is 1. The van der Waals surface area contributed by atoms with Gasteiger partial charge in [0.2, 0.25) is 5.75 Å². The molecule has 2 aromatic carbocycles. The predicted molar refractivity (Wildman–Crippen MR) is 143 cm³/mol. The minimum atomic E-state index is -4.65. The van der Waals surface area contributed by atoms with E-state index in [0.717, 1.165) is 20.7 Å². The number of nitrogens with zero attached hydrogens (tertiary/aromatic N) is 4. The molecule has 2 heterocycles. The largest absolute Gasteiger partial charge is 0.496 e. The molecule has 2 amide bonds. The number of alkyl halides is 3. The summed E-state index contributed by atoms with van der Waals surface area (Å²) in [6.07, 6.45) is -4.65. The molecule has 0 radical (unpaired) electrons. The molecule has 2 unspecified atom stereocenters. The van der Waals surface area contributed by atoms with Gasteiger partial charge in [-0.05, 0) is 23.3 Å². The van der Waals surface area contributed by atoms with Gasteiger partial charge in [0.15, 0.2) is 0 Å². The molecule has 220 valence electrons. The molecular weight excluding hydrogens is 543 g/mol. The number of carbonyl (C=O) groups excluding carboxylic acids is 2. The summed E-state index contributed by atoms with van der Waals surface area (Å²) in [5.41, 5.74) is 7.28. The summed E-state index contributed by atoms with van der Waals surface area (Å²) >= 11 is 0. The average molecular weight is 576 g/mol. The van der Waals surface area contributed by atoms with Crippen LogP contribution < -0.4 is 19.9 Å². The Morgan fingerprint density at radius 2 is 1.68 bits per heavy atom. The van der Waals surface area contributed by atoms with E-state index in [1.807, 2.05) is 12.1 Å². The maximum Gasteiger partial charge on any atom is 0.394 e. The number of carbonyl (C=O) groups is 2. The van der Waals surface area contributed by atoms with E-state index in [2.05, 4.69) is 5.10 Å². The fourth-order valence-electron chi connectivity index (χ4n) is 4.81. The van der Waals surface area contributed by atoms with Gasteiger partial charge in [0.1, 0.15) is 18.1 Å². The Bertz CT molecular complexity index is 1390. The van der Waals surface area contributed by atoms with Crippen LogP contribution in [0.3, 0.4) is 0 Å². The fourth-order valence-corrected chi connectivity index (χ4v) is 4.81. The molecule has 10 nitrogen and oxygen atoms in total. The normalized spacial score (nSPS) is 16.9. The Kier molecular flexibility index (Phi) is 8.76. The summed E-state index contributed by atoms with van der Waals surface area (Å²) in [6, 6.07) is 13.0. The third kappa shape index (κ3) is 6.09. The van der Waals surface area contributed by atoms with Gasteiger partial charge in [-0.3, -0.25) is 4.79 Å². The summed E-state index contributed by atoms with van der Waals surface area (Å²) in [6.45, 7) is -0.527. The van der Waals surface area contributed by atoms with Crippen molar-refractivity contribution in [2.75, 3.05) is 41.4 Å². The lowest BCUT2D eigenvalue weighted by Gasteiger charge is -2.21. The Morgan fingerprint density at radius 1 is 1.02 bits per heavy atom. The molecule has 0 saturated carbocycles. The van der Waals surface area contributed by atoms with E-state index >= 15 is 0 Å². The number of likely N-dealkylation sites (tertiary alicyclic amines) is 1. The van der Waals surface area contributed by atoms with Gasteiger partial charge < -0.3 is 29.7 Å². The Morgan fingerprint density at radius 3 is 2.27 bits per heavy atom. The van der Waals surface area contributed by atoms with E-state index in [4.69, 9.17) is 19.9 Å². The molecule has 13 heteroatoms. The molecule has 1 fully saturated rings. The zero-order valence-electron chi connectivity index (χ0n) is 23.1. The third-order valence-corrected chi connectivity index (χ3v) is 6.94. The lowest BCUT2D eigenvalue weighted by molar-refractivity contribution is -0.174. The molecular formula is C28H32F3N5O5. The van der Waals surface area contributed by atoms with Crippen LogP contribution in [-0.2, 0) is 13.2 Å². The number of rotatable bonds is 8. The molecule has 2 N–H and O–H groups in total. The van der Waals surface area contributed by atoms with Crippen molar-refractivity contribution >= 4 is 11.9 Å². The first-order valence-corrected chi connectivity index (χ1v) is 12.8. The monoisotopic (exact) mass is 575 g/mol. The van der Waals surface area contributed by atoms with E-state index in [-0.39, 0.29) is 41.8 Å². The Labute approximate surface area is 235 Å². The zero-order chi connectivity index (χ0) is 29.9. The standard InChI is InChI=1S/C28H32F3N5O5/c1-34(2)27(38)35-14-20(21(15-35)28(29,30)31)23-24(40-4)26(41-16-18-11-9-17(13-32)10-12-18)36(33-23)25(37)19-7-5-6-8-22(19)39-3/h5-12,20-21H,13-16,32H2,1-4H3. The van der Waals surface area contributed by atoms with Gasteiger partial charge in [-0.15, -0.1) is 0 Å². The van der Waals surface area contributed by atoms with Crippen LogP contribution in [0.2, 0.25) is 0 Å². The van der Waals surface area contributed by atoms with Crippen LogP contribution in [0, 0.1) is 5.92 Å². The molecule has 1 aliphatic rings. The summed E-state index contributed by atoms with van der Waals surface area (Å²) in [5.74, 6) is -3.99. The maximum atomic E-state index is 14.3. The molecule has 0 spiro atoms. The number of halogens is 3. The number of ether oxygens (including phenoxy) is 3. The highest BCUT2D eigenvalue weighted by atomic mass is 19.4. The first-order chi connectivity index (χ1) is 19.5. The van der Waals surface area contributed by atoms with Gasteiger partial charge >= 0.3 is 12.2 Å². The second-order valence-corrected chi connectivity index (χ2v) is 9.79. The number of methoxy groups -OCH3 is 2. The second kappa shape index (κ2) is 12.1. The van der Waals surface area contributed by atoms with E-state index in [0.29, 0.717) is 6.54 Å². The zero-order valence-corrected chi connectivity index (χ0v) is 23.1. The summed E-state index contributed by atoms with van der Waals surface area (Å²) < 4.78 is 60.6. The lowest BCUT2D eigenvalue weighted by atomic mass is 9.92. The highest BCUT2D eigenvalue weighted by Gasteiger charge is 2.53. The van der Waals surface area contributed by atoms with Gasteiger partial charge in [0.05, 0.1) is 25.7 Å². The van der Waals surface area contributed by atoms with Crippen molar-refractivity contribution in [3.63, 3.8) is 0 Å². The maximum absolute atomic E-state index is 14.3. The van der Waals surface area contributed by atoms with Crippen molar-refractivity contribution in [1.29, 1.82) is 0 Å². The minimum absolute atomic E-state index is 0.0375. The molecule has 0 aliphatic carbocycles. The SMILES string of the molecule is COc1ccccc1C(=O)n1nc(C2CN(C(=O)N(C)C)CC2C(F)(F)F)c(OC)c1OCc1ccc(CN)cc1. The molecule has 3 aromatic rings. The van der Waals surface area contributed by atoms with E-state index in [1.54, 1.807) is 30.3 Å². The van der Waals surface area contributed by atoms with Gasteiger partial charge in [-0.25, -0.2) is 4.79 Å². The predicted octanol–water partition coefficient (Wildman–Crippen LogP) is 3.89. The number of aromatic nitrogens is 2. The van der Waals surface area contributed by atoms with Crippen molar-refractivity contribution in [2.24, 2.45) is 11.7 Å². The lowest BCUT2D eigenvalue weighted by Crippen LogP contribution is -2.38. The first-order valence-electron chi connectivity index (χ1n) is 12.8. The van der Waals surface area contributed by atoms with Crippen molar-refractivity contribution in [3.05, 3.63) is 70.9 Å². The van der Waals surface area contributed by atoms with E-state index < -0.39 is 36.5 Å². The van der Waals surface area contributed by atoms with Gasteiger partial charge in [0, 0.05) is 39.6 Å². The van der Waals surface area contributed by atoms with Crippen molar-refractivity contribution in [2.45, 2.75) is 25.2 Å². The highest BCUT2D eigenvalue weighted by Crippen LogP contribution is 2.47. The van der Waals surface area contributed by atoms with Crippen LogP contribution in [0.4, 0.5) is 18.0 Å². The molecule has 1 aliphatic heterocycles. The molecule has 41 heavy (non-hydrogen) atoms. The number of nitrogens with two attached hydrogens (primary N) is 1. The fraction of sp³-hybridized carbons (Fsp3) is 0.393. The van der Waals surface area contributed by atoms with Crippen molar-refractivity contribution < 1.29 is 37.0 Å². The number of amides is 2. The smallest absolute Gasteiger partial charge is 0.394 e. The van der Waals surface area contributed by atoms with Crippen LogP contribution in [0.25, 0.3) is 0 Å². The number of hydrogen-bond donors (Lipinski definition) is 1. The summed E-state index contributed by atoms with van der Waals surface area (Å²) in [7, 11) is 5.59.